The van der Waals surface area contributed by atoms with Crippen molar-refractivity contribution in [3.05, 3.63) is 46.7 Å². The maximum atomic E-state index is 5.84. The quantitative estimate of drug-likeness (QED) is 0.491. The number of halogens is 1. The van der Waals surface area contributed by atoms with Crippen molar-refractivity contribution in [1.82, 2.24) is 14.9 Å². The summed E-state index contributed by atoms with van der Waals surface area (Å²) in [7, 11) is 0. The summed E-state index contributed by atoms with van der Waals surface area (Å²) in [5, 5.41) is 4.35. The van der Waals surface area contributed by atoms with Crippen LogP contribution in [-0.4, -0.2) is 54.4 Å². The molecule has 1 saturated heterocycles. The molecule has 1 aliphatic heterocycles. The van der Waals surface area contributed by atoms with Gasteiger partial charge in [-0.15, -0.1) is 0 Å². The van der Waals surface area contributed by atoms with Crippen LogP contribution in [0.5, 0.6) is 11.5 Å². The monoisotopic (exact) mass is 486 g/mol. The molecule has 0 bridgehead atoms. The minimum Gasteiger partial charge on any atom is -0.490 e. The molecule has 0 radical (unpaired) electrons. The Labute approximate surface area is 190 Å². The van der Waals surface area contributed by atoms with E-state index in [4.69, 9.17) is 24.2 Å². The number of nitrogens with one attached hydrogen (secondary N) is 1. The number of nitrogens with zero attached hydrogens (tertiary/aromatic N) is 3. The van der Waals surface area contributed by atoms with Crippen LogP contribution in [0.3, 0.4) is 0 Å². The lowest BCUT2D eigenvalue weighted by Gasteiger charge is -2.26. The molecule has 0 amide bonds. The second kappa shape index (κ2) is 10.3. The van der Waals surface area contributed by atoms with Crippen LogP contribution in [-0.2, 0) is 11.3 Å². The summed E-state index contributed by atoms with van der Waals surface area (Å²) in [6, 6.07) is 11.9. The lowest BCUT2D eigenvalue weighted by Crippen LogP contribution is -2.36. The Kier molecular flexibility index (Phi) is 7.21. The van der Waals surface area contributed by atoms with E-state index in [2.05, 4.69) is 26.1 Å². The number of fused-ring (bicyclic) bond motifs is 1. The van der Waals surface area contributed by atoms with Gasteiger partial charge in [-0.1, -0.05) is 22.0 Å². The third-order valence-corrected chi connectivity index (χ3v) is 5.46. The normalized spacial score (nSPS) is 14.5. The van der Waals surface area contributed by atoms with E-state index >= 15 is 0 Å². The first-order valence-corrected chi connectivity index (χ1v) is 11.4. The lowest BCUT2D eigenvalue weighted by atomic mass is 10.2. The number of benzene rings is 2. The van der Waals surface area contributed by atoms with Crippen molar-refractivity contribution in [1.29, 1.82) is 0 Å². The second-order valence-electron chi connectivity index (χ2n) is 7.19. The summed E-state index contributed by atoms with van der Waals surface area (Å²) in [5.74, 6) is 2.90. The number of hydrogen-bond donors (Lipinski definition) is 1. The van der Waals surface area contributed by atoms with Gasteiger partial charge < -0.3 is 19.5 Å². The van der Waals surface area contributed by atoms with Crippen molar-refractivity contribution < 1.29 is 14.2 Å². The molecular formula is C23H27BrN4O3. The van der Waals surface area contributed by atoms with Gasteiger partial charge in [-0.3, -0.25) is 4.90 Å². The topological polar surface area (TPSA) is 68.7 Å². The highest BCUT2D eigenvalue weighted by atomic mass is 79.9. The SMILES string of the molecule is CCOc1cc2nc(CN3CCOCC3)nc(Nc3cccc(Br)c3)c2cc1OCC. The van der Waals surface area contributed by atoms with Crippen molar-refractivity contribution >= 4 is 38.3 Å². The molecular weight excluding hydrogens is 460 g/mol. The van der Waals surface area contributed by atoms with Gasteiger partial charge in [-0.2, -0.15) is 0 Å². The fourth-order valence-electron chi connectivity index (χ4n) is 3.55. The second-order valence-corrected chi connectivity index (χ2v) is 8.11. The number of ether oxygens (including phenoxy) is 3. The molecule has 7 nitrogen and oxygen atoms in total. The maximum Gasteiger partial charge on any atom is 0.163 e. The van der Waals surface area contributed by atoms with Crippen molar-refractivity contribution in [3.63, 3.8) is 0 Å². The maximum absolute atomic E-state index is 5.84. The van der Waals surface area contributed by atoms with Crippen LogP contribution in [0.1, 0.15) is 19.7 Å². The summed E-state index contributed by atoms with van der Waals surface area (Å²) in [6.45, 7) is 8.94. The summed E-state index contributed by atoms with van der Waals surface area (Å²) in [4.78, 5) is 12.0. The summed E-state index contributed by atoms with van der Waals surface area (Å²) >= 11 is 3.54. The Balaban J connectivity index is 1.78. The standard InChI is InChI=1S/C23H27BrN4O3/c1-3-30-20-13-18-19(14-21(20)31-4-2)26-22(15-28-8-10-29-11-9-28)27-23(18)25-17-7-5-6-16(24)12-17/h5-7,12-14H,3-4,8-11,15H2,1-2H3,(H,25,26,27). The smallest absolute Gasteiger partial charge is 0.163 e. The average molecular weight is 487 g/mol. The fourth-order valence-corrected chi connectivity index (χ4v) is 3.95. The van der Waals surface area contributed by atoms with Crippen LogP contribution in [0.25, 0.3) is 10.9 Å². The highest BCUT2D eigenvalue weighted by Crippen LogP contribution is 2.35. The van der Waals surface area contributed by atoms with Crippen molar-refractivity contribution in [2.75, 3.05) is 44.8 Å². The third kappa shape index (κ3) is 5.44. The van der Waals surface area contributed by atoms with Gasteiger partial charge >= 0.3 is 0 Å². The van der Waals surface area contributed by atoms with Gasteiger partial charge in [0, 0.05) is 34.7 Å². The minimum atomic E-state index is 0.552. The molecule has 0 aliphatic carbocycles. The van der Waals surface area contributed by atoms with E-state index < -0.39 is 0 Å². The number of anilines is 2. The van der Waals surface area contributed by atoms with Crippen LogP contribution in [0.15, 0.2) is 40.9 Å². The van der Waals surface area contributed by atoms with Crippen LogP contribution < -0.4 is 14.8 Å². The zero-order valence-corrected chi connectivity index (χ0v) is 19.4. The molecule has 164 valence electrons. The molecule has 0 unspecified atom stereocenters. The molecule has 0 saturated carbocycles. The number of hydrogen-bond acceptors (Lipinski definition) is 7. The van der Waals surface area contributed by atoms with Gasteiger partial charge in [0.2, 0.25) is 0 Å². The van der Waals surface area contributed by atoms with Gasteiger partial charge in [0.1, 0.15) is 11.6 Å². The number of rotatable bonds is 8. The van der Waals surface area contributed by atoms with Gasteiger partial charge in [-0.05, 0) is 38.1 Å². The highest BCUT2D eigenvalue weighted by Gasteiger charge is 2.17. The molecule has 3 aromatic rings. The zero-order chi connectivity index (χ0) is 21.6. The van der Waals surface area contributed by atoms with E-state index in [1.165, 1.54) is 0 Å². The van der Waals surface area contributed by atoms with Crippen molar-refractivity contribution in [2.24, 2.45) is 0 Å². The first-order chi connectivity index (χ1) is 15.2. The van der Waals surface area contributed by atoms with E-state index in [0.29, 0.717) is 31.3 Å². The van der Waals surface area contributed by atoms with Crippen LogP contribution in [0, 0.1) is 0 Å². The minimum absolute atomic E-state index is 0.552. The molecule has 31 heavy (non-hydrogen) atoms. The molecule has 1 aromatic heterocycles. The first kappa shape index (κ1) is 21.8. The predicted molar refractivity (Wildman–Crippen MR) is 125 cm³/mol. The van der Waals surface area contributed by atoms with Crippen molar-refractivity contribution in [3.8, 4) is 11.5 Å². The van der Waals surface area contributed by atoms with Gasteiger partial charge in [-0.25, -0.2) is 9.97 Å². The summed E-state index contributed by atoms with van der Waals surface area (Å²) < 4.78 is 18.1. The van der Waals surface area contributed by atoms with E-state index in [1.54, 1.807) is 0 Å². The fraction of sp³-hybridized carbons (Fsp3) is 0.391. The number of aromatic nitrogens is 2. The zero-order valence-electron chi connectivity index (χ0n) is 17.9. The van der Waals surface area contributed by atoms with E-state index in [-0.39, 0.29) is 0 Å². The first-order valence-electron chi connectivity index (χ1n) is 10.6. The van der Waals surface area contributed by atoms with E-state index in [1.807, 2.05) is 50.2 Å². The molecule has 8 heteroatoms. The van der Waals surface area contributed by atoms with Gasteiger partial charge in [0.15, 0.2) is 11.5 Å². The largest absolute Gasteiger partial charge is 0.490 e. The Morgan fingerprint density at radius 3 is 2.48 bits per heavy atom. The molecule has 0 spiro atoms. The number of morpholine rings is 1. The molecule has 1 aliphatic rings. The van der Waals surface area contributed by atoms with Gasteiger partial charge in [0.05, 0.1) is 38.5 Å². The molecule has 4 rings (SSSR count). The van der Waals surface area contributed by atoms with E-state index in [0.717, 1.165) is 59.0 Å². The molecule has 2 aromatic carbocycles. The summed E-state index contributed by atoms with van der Waals surface area (Å²) in [5.41, 5.74) is 1.77. The average Bonchev–Trinajstić information content (AvgIpc) is 2.76. The molecule has 1 fully saturated rings. The Morgan fingerprint density at radius 2 is 1.77 bits per heavy atom. The molecule has 1 N–H and O–H groups in total. The predicted octanol–water partition coefficient (Wildman–Crippen LogP) is 4.77. The van der Waals surface area contributed by atoms with Crippen molar-refractivity contribution in [2.45, 2.75) is 20.4 Å². The highest BCUT2D eigenvalue weighted by molar-refractivity contribution is 9.10. The summed E-state index contributed by atoms with van der Waals surface area (Å²) in [6.07, 6.45) is 0. The van der Waals surface area contributed by atoms with Crippen LogP contribution in [0.2, 0.25) is 0 Å². The molecule has 0 atom stereocenters. The van der Waals surface area contributed by atoms with Gasteiger partial charge in [0.25, 0.3) is 0 Å². The Hall–Kier alpha value is -2.42. The van der Waals surface area contributed by atoms with Crippen LogP contribution >= 0.6 is 15.9 Å². The lowest BCUT2D eigenvalue weighted by molar-refractivity contribution is 0.0331. The van der Waals surface area contributed by atoms with E-state index in [9.17, 15) is 0 Å². The third-order valence-electron chi connectivity index (χ3n) is 4.96. The Morgan fingerprint density at radius 1 is 1.03 bits per heavy atom. The Bertz CT molecular complexity index is 1040. The van der Waals surface area contributed by atoms with Crippen LogP contribution in [0.4, 0.5) is 11.5 Å². The molecule has 2 heterocycles.